The molecule has 0 fully saturated rings. The number of rotatable bonds is 3. The number of hydrogen-bond donors (Lipinski definition) is 1. The van der Waals surface area contributed by atoms with Crippen molar-refractivity contribution in [3.8, 4) is 0 Å². The van der Waals surface area contributed by atoms with Gasteiger partial charge in [-0.3, -0.25) is 4.79 Å². The molecule has 7 heteroatoms. The van der Waals surface area contributed by atoms with E-state index in [1.165, 1.54) is 6.07 Å². The van der Waals surface area contributed by atoms with E-state index in [2.05, 4.69) is 37.2 Å². The number of benzene rings is 1. The van der Waals surface area contributed by atoms with Gasteiger partial charge >= 0.3 is 6.18 Å². The second kappa shape index (κ2) is 6.06. The van der Waals surface area contributed by atoms with Crippen LogP contribution in [0.2, 0.25) is 0 Å². The number of carbonyl (C=O) groups excluding carboxylic acids is 1. The highest BCUT2D eigenvalue weighted by Gasteiger charge is 2.31. The van der Waals surface area contributed by atoms with E-state index in [-0.39, 0.29) is 10.4 Å². The Morgan fingerprint density at radius 3 is 2.56 bits per heavy atom. The predicted octanol–water partition coefficient (Wildman–Crippen LogP) is 3.98. The highest BCUT2D eigenvalue weighted by Crippen LogP contribution is 2.31. The smallest absolute Gasteiger partial charge is 0.351 e. The summed E-state index contributed by atoms with van der Waals surface area (Å²) in [5, 5.41) is 2.53. The topological polar surface area (TPSA) is 29.1 Å². The molecule has 1 aromatic carbocycles. The van der Waals surface area contributed by atoms with Crippen molar-refractivity contribution in [3.05, 3.63) is 33.8 Å². The first-order chi connectivity index (χ1) is 8.21. The fraction of sp³-hybridized carbons (Fsp3) is 0.364. The molecule has 1 atom stereocenters. The molecule has 1 unspecified atom stereocenters. The van der Waals surface area contributed by atoms with E-state index in [1.54, 1.807) is 0 Å². The monoisotopic (exact) mass is 387 g/mol. The summed E-state index contributed by atoms with van der Waals surface area (Å²) in [6, 6.07) is 2.97. The van der Waals surface area contributed by atoms with Crippen LogP contribution in [0.3, 0.4) is 0 Å². The predicted molar refractivity (Wildman–Crippen MR) is 69.9 cm³/mol. The third-order valence-corrected chi connectivity index (χ3v) is 3.10. The van der Waals surface area contributed by atoms with Crippen molar-refractivity contribution >= 4 is 37.8 Å². The molecule has 0 saturated carbocycles. The fourth-order valence-electron chi connectivity index (χ4n) is 1.20. The molecule has 2 nitrogen and oxygen atoms in total. The van der Waals surface area contributed by atoms with Gasteiger partial charge in [0.25, 0.3) is 5.91 Å². The van der Waals surface area contributed by atoms with Crippen molar-refractivity contribution < 1.29 is 18.0 Å². The summed E-state index contributed by atoms with van der Waals surface area (Å²) in [5.41, 5.74) is -0.874. The molecule has 1 N–H and O–H groups in total. The zero-order chi connectivity index (χ0) is 13.9. The molecule has 1 rings (SSSR count). The third-order valence-electron chi connectivity index (χ3n) is 2.08. The number of halogens is 5. The average molecular weight is 389 g/mol. The van der Waals surface area contributed by atoms with Crippen LogP contribution >= 0.6 is 31.9 Å². The van der Waals surface area contributed by atoms with Crippen molar-refractivity contribution in [2.75, 3.05) is 6.54 Å². The van der Waals surface area contributed by atoms with Crippen molar-refractivity contribution in [2.24, 2.45) is 0 Å². The highest BCUT2D eigenvalue weighted by molar-refractivity contribution is 9.10. The maximum Gasteiger partial charge on any atom is 0.416 e. The lowest BCUT2D eigenvalue weighted by atomic mass is 10.1. The summed E-state index contributed by atoms with van der Waals surface area (Å²) < 4.78 is 37.9. The summed E-state index contributed by atoms with van der Waals surface area (Å²) >= 11 is 6.30. The van der Waals surface area contributed by atoms with Crippen LogP contribution in [0.25, 0.3) is 0 Å². The molecule has 1 aromatic rings. The van der Waals surface area contributed by atoms with Gasteiger partial charge in [-0.2, -0.15) is 13.2 Å². The van der Waals surface area contributed by atoms with Crippen LogP contribution in [0.1, 0.15) is 22.8 Å². The standard InChI is InChI=1S/C11H10Br2F3NO/c1-6(12)5-17-10(18)8-4-7(11(14,15)16)2-3-9(8)13/h2-4,6H,5H2,1H3,(H,17,18). The van der Waals surface area contributed by atoms with Crippen molar-refractivity contribution in [1.82, 2.24) is 5.32 Å². The lowest BCUT2D eigenvalue weighted by Gasteiger charge is -2.11. The molecule has 0 aliphatic rings. The van der Waals surface area contributed by atoms with E-state index in [0.29, 0.717) is 11.0 Å². The van der Waals surface area contributed by atoms with E-state index in [1.807, 2.05) is 6.92 Å². The Morgan fingerprint density at radius 1 is 1.44 bits per heavy atom. The number of nitrogens with one attached hydrogen (secondary N) is 1. The zero-order valence-electron chi connectivity index (χ0n) is 9.31. The second-order valence-electron chi connectivity index (χ2n) is 3.68. The molecule has 0 spiro atoms. The Kier molecular flexibility index (Phi) is 5.21. The first-order valence-corrected chi connectivity index (χ1v) is 6.71. The summed E-state index contributed by atoms with van der Waals surface area (Å²) in [4.78, 5) is 11.8. The van der Waals surface area contributed by atoms with E-state index in [4.69, 9.17) is 0 Å². The van der Waals surface area contributed by atoms with E-state index >= 15 is 0 Å². The van der Waals surface area contributed by atoms with E-state index in [0.717, 1.165) is 12.1 Å². The highest BCUT2D eigenvalue weighted by atomic mass is 79.9. The molecule has 0 heterocycles. The molecule has 1 amide bonds. The van der Waals surface area contributed by atoms with Crippen LogP contribution in [0.15, 0.2) is 22.7 Å². The second-order valence-corrected chi connectivity index (χ2v) is 6.10. The minimum atomic E-state index is -4.46. The first-order valence-electron chi connectivity index (χ1n) is 5.01. The van der Waals surface area contributed by atoms with Crippen LogP contribution in [0.5, 0.6) is 0 Å². The number of carbonyl (C=O) groups is 1. The lowest BCUT2D eigenvalue weighted by molar-refractivity contribution is -0.137. The van der Waals surface area contributed by atoms with Gasteiger partial charge in [0.2, 0.25) is 0 Å². The van der Waals surface area contributed by atoms with Crippen LogP contribution in [-0.2, 0) is 6.18 Å². The Hall–Kier alpha value is -0.560. The summed E-state index contributed by atoms with van der Waals surface area (Å²) in [5.74, 6) is -0.542. The van der Waals surface area contributed by atoms with Crippen LogP contribution < -0.4 is 5.32 Å². The molecule has 18 heavy (non-hydrogen) atoms. The Morgan fingerprint density at radius 2 is 2.06 bits per heavy atom. The SMILES string of the molecule is CC(Br)CNC(=O)c1cc(C(F)(F)F)ccc1Br. The molecule has 100 valence electrons. The van der Waals surface area contributed by atoms with Gasteiger partial charge in [-0.15, -0.1) is 0 Å². The van der Waals surface area contributed by atoms with Gasteiger partial charge < -0.3 is 5.32 Å². The van der Waals surface area contributed by atoms with Gasteiger partial charge in [-0.25, -0.2) is 0 Å². The number of hydrogen-bond acceptors (Lipinski definition) is 1. The molecule has 0 bridgehead atoms. The summed E-state index contributed by atoms with van der Waals surface area (Å²) in [7, 11) is 0. The molecule has 0 radical (unpaired) electrons. The molecule has 0 aliphatic heterocycles. The summed E-state index contributed by atoms with van der Waals surface area (Å²) in [6.07, 6.45) is -4.46. The maximum absolute atomic E-state index is 12.5. The average Bonchev–Trinajstić information content (AvgIpc) is 2.24. The van der Waals surface area contributed by atoms with Crippen molar-refractivity contribution in [1.29, 1.82) is 0 Å². The molecule has 0 saturated heterocycles. The number of alkyl halides is 4. The molecular weight excluding hydrogens is 379 g/mol. The van der Waals surface area contributed by atoms with Crippen LogP contribution in [-0.4, -0.2) is 17.3 Å². The quantitative estimate of drug-likeness (QED) is 0.779. The maximum atomic E-state index is 12.5. The van der Waals surface area contributed by atoms with E-state index in [9.17, 15) is 18.0 Å². The van der Waals surface area contributed by atoms with Gasteiger partial charge in [0, 0.05) is 15.8 Å². The van der Waals surface area contributed by atoms with Gasteiger partial charge in [-0.1, -0.05) is 22.9 Å². The lowest BCUT2D eigenvalue weighted by Crippen LogP contribution is -2.28. The van der Waals surface area contributed by atoms with Crippen LogP contribution in [0, 0.1) is 0 Å². The molecule has 0 aliphatic carbocycles. The Balaban J connectivity index is 2.97. The Bertz CT molecular complexity index is 446. The zero-order valence-corrected chi connectivity index (χ0v) is 12.5. The fourth-order valence-corrected chi connectivity index (χ4v) is 1.79. The van der Waals surface area contributed by atoms with Crippen LogP contribution in [0.4, 0.5) is 13.2 Å². The molecule has 0 aromatic heterocycles. The summed E-state index contributed by atoms with van der Waals surface area (Å²) in [6.45, 7) is 2.16. The third kappa shape index (κ3) is 4.28. The first kappa shape index (κ1) is 15.5. The Labute approximate surface area is 119 Å². The van der Waals surface area contributed by atoms with Gasteiger partial charge in [-0.05, 0) is 34.1 Å². The largest absolute Gasteiger partial charge is 0.416 e. The minimum Gasteiger partial charge on any atom is -0.351 e. The number of amides is 1. The minimum absolute atomic E-state index is 0.0297. The molecular formula is C11H10Br2F3NO. The van der Waals surface area contributed by atoms with Crippen molar-refractivity contribution in [3.63, 3.8) is 0 Å². The van der Waals surface area contributed by atoms with Gasteiger partial charge in [0.1, 0.15) is 0 Å². The normalized spacial score (nSPS) is 13.2. The van der Waals surface area contributed by atoms with E-state index < -0.39 is 17.6 Å². The van der Waals surface area contributed by atoms with Gasteiger partial charge in [0.05, 0.1) is 11.1 Å². The van der Waals surface area contributed by atoms with Gasteiger partial charge in [0.15, 0.2) is 0 Å². The van der Waals surface area contributed by atoms with Crippen molar-refractivity contribution in [2.45, 2.75) is 17.9 Å².